The van der Waals surface area contributed by atoms with Gasteiger partial charge in [0, 0.05) is 17.2 Å². The van der Waals surface area contributed by atoms with Crippen molar-refractivity contribution in [1.29, 1.82) is 0 Å². The number of carbonyl (C=O) groups is 1. The zero-order valence-corrected chi connectivity index (χ0v) is 13.5. The molecule has 0 saturated carbocycles. The molecule has 0 aliphatic carbocycles. The molecule has 0 atom stereocenters. The molecule has 0 unspecified atom stereocenters. The maximum Gasteiger partial charge on any atom is 0.227 e. The molecule has 1 aliphatic heterocycles. The van der Waals surface area contributed by atoms with E-state index < -0.39 is 0 Å². The minimum Gasteiger partial charge on any atom is -0.494 e. The van der Waals surface area contributed by atoms with E-state index in [0.717, 1.165) is 25.9 Å². The SMILES string of the molecule is C#CCN1CCC(C(=O)Nc2ccc(OCC)c(CO)c2)CC1. The van der Waals surface area contributed by atoms with Crippen LogP contribution in [0.2, 0.25) is 0 Å². The van der Waals surface area contributed by atoms with E-state index in [0.29, 0.717) is 30.2 Å². The maximum absolute atomic E-state index is 12.4. The Labute approximate surface area is 137 Å². The van der Waals surface area contributed by atoms with Crippen molar-refractivity contribution in [3.05, 3.63) is 23.8 Å². The van der Waals surface area contributed by atoms with E-state index in [2.05, 4.69) is 16.1 Å². The molecule has 0 spiro atoms. The van der Waals surface area contributed by atoms with E-state index in [1.807, 2.05) is 6.92 Å². The molecule has 1 heterocycles. The van der Waals surface area contributed by atoms with Gasteiger partial charge in [-0.05, 0) is 51.1 Å². The number of anilines is 1. The fourth-order valence-electron chi connectivity index (χ4n) is 2.80. The van der Waals surface area contributed by atoms with Gasteiger partial charge in [-0.15, -0.1) is 6.42 Å². The summed E-state index contributed by atoms with van der Waals surface area (Å²) in [4.78, 5) is 14.6. The van der Waals surface area contributed by atoms with E-state index in [1.165, 1.54) is 0 Å². The number of carbonyl (C=O) groups excluding carboxylic acids is 1. The van der Waals surface area contributed by atoms with Gasteiger partial charge in [-0.25, -0.2) is 0 Å². The lowest BCUT2D eigenvalue weighted by molar-refractivity contribution is -0.121. The molecule has 5 nitrogen and oxygen atoms in total. The van der Waals surface area contributed by atoms with Gasteiger partial charge >= 0.3 is 0 Å². The molecule has 0 radical (unpaired) electrons. The molecule has 0 bridgehead atoms. The summed E-state index contributed by atoms with van der Waals surface area (Å²) in [5, 5.41) is 12.4. The monoisotopic (exact) mass is 316 g/mol. The number of amides is 1. The summed E-state index contributed by atoms with van der Waals surface area (Å²) >= 11 is 0. The van der Waals surface area contributed by atoms with E-state index in [4.69, 9.17) is 11.2 Å². The number of terminal acetylenes is 1. The number of ether oxygens (including phenoxy) is 1. The molecule has 2 rings (SSSR count). The average molecular weight is 316 g/mol. The first kappa shape index (κ1) is 17.3. The molecule has 1 aromatic rings. The lowest BCUT2D eigenvalue weighted by atomic mass is 9.96. The molecular weight excluding hydrogens is 292 g/mol. The van der Waals surface area contributed by atoms with E-state index in [1.54, 1.807) is 18.2 Å². The summed E-state index contributed by atoms with van der Waals surface area (Å²) in [5.41, 5.74) is 1.36. The van der Waals surface area contributed by atoms with Gasteiger partial charge in [-0.2, -0.15) is 0 Å². The molecule has 1 saturated heterocycles. The van der Waals surface area contributed by atoms with Crippen molar-refractivity contribution in [2.75, 3.05) is 31.6 Å². The molecule has 2 N–H and O–H groups in total. The first-order valence-corrected chi connectivity index (χ1v) is 8.01. The molecule has 23 heavy (non-hydrogen) atoms. The predicted octanol–water partition coefficient (Wildman–Crippen LogP) is 1.86. The Morgan fingerprint density at radius 1 is 1.48 bits per heavy atom. The summed E-state index contributed by atoms with van der Waals surface area (Å²) in [6.07, 6.45) is 6.95. The van der Waals surface area contributed by atoms with Crippen LogP contribution in [-0.2, 0) is 11.4 Å². The van der Waals surface area contributed by atoms with Gasteiger partial charge in [-0.3, -0.25) is 9.69 Å². The van der Waals surface area contributed by atoms with Crippen LogP contribution in [0.15, 0.2) is 18.2 Å². The molecular formula is C18H24N2O3. The van der Waals surface area contributed by atoms with Crippen LogP contribution < -0.4 is 10.1 Å². The Morgan fingerprint density at radius 2 is 2.22 bits per heavy atom. The highest BCUT2D eigenvalue weighted by molar-refractivity contribution is 5.92. The van der Waals surface area contributed by atoms with Crippen LogP contribution in [0.1, 0.15) is 25.3 Å². The predicted molar refractivity (Wildman–Crippen MR) is 90.2 cm³/mol. The van der Waals surface area contributed by atoms with Crippen LogP contribution in [0, 0.1) is 18.3 Å². The van der Waals surface area contributed by atoms with Crippen molar-refractivity contribution >= 4 is 11.6 Å². The highest BCUT2D eigenvalue weighted by Crippen LogP contribution is 2.24. The summed E-state index contributed by atoms with van der Waals surface area (Å²) in [7, 11) is 0. The molecule has 1 amide bonds. The van der Waals surface area contributed by atoms with Gasteiger partial charge < -0.3 is 15.2 Å². The molecule has 1 aromatic carbocycles. The minimum absolute atomic E-state index is 0.00756. The molecule has 5 heteroatoms. The topological polar surface area (TPSA) is 61.8 Å². The quantitative estimate of drug-likeness (QED) is 0.787. The van der Waals surface area contributed by atoms with Crippen molar-refractivity contribution in [3.8, 4) is 18.1 Å². The highest BCUT2D eigenvalue weighted by atomic mass is 16.5. The number of aliphatic hydroxyl groups excluding tert-OH is 1. The van der Waals surface area contributed by atoms with Crippen molar-refractivity contribution in [2.24, 2.45) is 5.92 Å². The molecule has 1 aliphatic rings. The standard InChI is InChI=1S/C18H24N2O3/c1-3-9-20-10-7-14(8-11-20)18(22)19-16-5-6-17(23-4-2)15(12-16)13-21/h1,5-6,12,14,21H,4,7-11,13H2,2H3,(H,19,22). The van der Waals surface area contributed by atoms with E-state index in [9.17, 15) is 9.90 Å². The van der Waals surface area contributed by atoms with Gasteiger partial charge in [0.05, 0.1) is 19.8 Å². The van der Waals surface area contributed by atoms with Crippen molar-refractivity contribution in [2.45, 2.75) is 26.4 Å². The summed E-state index contributed by atoms with van der Waals surface area (Å²) in [6.45, 7) is 4.66. The first-order valence-electron chi connectivity index (χ1n) is 8.01. The summed E-state index contributed by atoms with van der Waals surface area (Å²) < 4.78 is 5.44. The van der Waals surface area contributed by atoms with Gasteiger partial charge in [0.2, 0.25) is 5.91 Å². The second-order valence-corrected chi connectivity index (χ2v) is 5.66. The second kappa shape index (κ2) is 8.56. The average Bonchev–Trinajstić information content (AvgIpc) is 2.57. The number of rotatable bonds is 6. The van der Waals surface area contributed by atoms with Gasteiger partial charge in [-0.1, -0.05) is 5.92 Å². The molecule has 0 aromatic heterocycles. The number of aliphatic hydroxyl groups is 1. The van der Waals surface area contributed by atoms with E-state index >= 15 is 0 Å². The smallest absolute Gasteiger partial charge is 0.227 e. The Balaban J connectivity index is 1.94. The number of hydrogen-bond donors (Lipinski definition) is 2. The Bertz CT molecular complexity index is 572. The molecule has 124 valence electrons. The fourth-order valence-corrected chi connectivity index (χ4v) is 2.80. The number of benzene rings is 1. The van der Waals surface area contributed by atoms with Crippen LogP contribution in [-0.4, -0.2) is 42.2 Å². The highest BCUT2D eigenvalue weighted by Gasteiger charge is 2.24. The molecule has 1 fully saturated rings. The zero-order chi connectivity index (χ0) is 16.7. The number of hydrogen-bond acceptors (Lipinski definition) is 4. The number of nitrogens with zero attached hydrogens (tertiary/aromatic N) is 1. The number of nitrogens with one attached hydrogen (secondary N) is 1. The largest absolute Gasteiger partial charge is 0.494 e. The Kier molecular flexibility index (Phi) is 6.45. The van der Waals surface area contributed by atoms with Crippen LogP contribution in [0.25, 0.3) is 0 Å². The van der Waals surface area contributed by atoms with Gasteiger partial charge in [0.25, 0.3) is 0 Å². The lowest BCUT2D eigenvalue weighted by Gasteiger charge is -2.29. The second-order valence-electron chi connectivity index (χ2n) is 5.66. The van der Waals surface area contributed by atoms with Crippen LogP contribution in [0.5, 0.6) is 5.75 Å². The van der Waals surface area contributed by atoms with Crippen molar-refractivity contribution in [1.82, 2.24) is 4.90 Å². The summed E-state index contributed by atoms with van der Waals surface area (Å²) in [6, 6.07) is 5.34. The zero-order valence-electron chi connectivity index (χ0n) is 13.5. The maximum atomic E-state index is 12.4. The third kappa shape index (κ3) is 4.72. The van der Waals surface area contributed by atoms with Crippen LogP contribution in [0.4, 0.5) is 5.69 Å². The Hall–Kier alpha value is -2.03. The Morgan fingerprint density at radius 3 is 2.83 bits per heavy atom. The lowest BCUT2D eigenvalue weighted by Crippen LogP contribution is -2.38. The van der Waals surface area contributed by atoms with E-state index in [-0.39, 0.29) is 18.4 Å². The number of piperidine rings is 1. The van der Waals surface area contributed by atoms with Gasteiger partial charge in [0.15, 0.2) is 0 Å². The van der Waals surface area contributed by atoms with Crippen molar-refractivity contribution < 1.29 is 14.6 Å². The first-order chi connectivity index (χ1) is 11.2. The summed E-state index contributed by atoms with van der Waals surface area (Å²) in [5.74, 6) is 3.32. The van der Waals surface area contributed by atoms with Crippen LogP contribution in [0.3, 0.4) is 0 Å². The third-order valence-electron chi connectivity index (χ3n) is 4.07. The van der Waals surface area contributed by atoms with Gasteiger partial charge in [0.1, 0.15) is 5.75 Å². The minimum atomic E-state index is -0.122. The van der Waals surface area contributed by atoms with Crippen LogP contribution >= 0.6 is 0 Å². The fraction of sp³-hybridized carbons (Fsp3) is 0.500. The third-order valence-corrected chi connectivity index (χ3v) is 4.07. The van der Waals surface area contributed by atoms with Crippen molar-refractivity contribution in [3.63, 3.8) is 0 Å². The normalized spacial score (nSPS) is 15.9. The number of likely N-dealkylation sites (tertiary alicyclic amines) is 1.